The van der Waals surface area contributed by atoms with Gasteiger partial charge in [0, 0.05) is 6.08 Å². The Morgan fingerprint density at radius 2 is 1.96 bits per heavy atom. The zero-order valence-electron chi connectivity index (χ0n) is 15.7. The van der Waals surface area contributed by atoms with E-state index in [9.17, 15) is 4.79 Å². The van der Waals surface area contributed by atoms with E-state index in [1.807, 2.05) is 29.3 Å². The molecule has 2 aromatic heterocycles. The number of aromatic nitrogens is 3. The number of amides is 1. The SMILES string of the molecule is O=C(/C=C/c1cn(Cc2ccccc2)nn1)N1CC[NH+](Cc2cccs2)CC1. The summed E-state index contributed by atoms with van der Waals surface area (Å²) in [6, 6.07) is 14.4. The fourth-order valence-corrected chi connectivity index (χ4v) is 4.16. The summed E-state index contributed by atoms with van der Waals surface area (Å²) in [5.41, 5.74) is 1.87. The number of hydrogen-bond acceptors (Lipinski definition) is 4. The summed E-state index contributed by atoms with van der Waals surface area (Å²) in [5, 5.41) is 10.4. The Morgan fingerprint density at radius 1 is 1.14 bits per heavy atom. The van der Waals surface area contributed by atoms with Crippen LogP contribution in [0.2, 0.25) is 0 Å². The van der Waals surface area contributed by atoms with Gasteiger partial charge in [-0.15, -0.1) is 16.4 Å². The van der Waals surface area contributed by atoms with Gasteiger partial charge in [-0.25, -0.2) is 4.68 Å². The van der Waals surface area contributed by atoms with Crippen LogP contribution in [0.5, 0.6) is 0 Å². The first-order chi connectivity index (χ1) is 13.8. The molecule has 1 N–H and O–H groups in total. The highest BCUT2D eigenvalue weighted by molar-refractivity contribution is 7.09. The summed E-state index contributed by atoms with van der Waals surface area (Å²) >= 11 is 1.80. The minimum Gasteiger partial charge on any atom is -0.328 e. The lowest BCUT2D eigenvalue weighted by atomic mass is 10.2. The van der Waals surface area contributed by atoms with Crippen LogP contribution >= 0.6 is 11.3 Å². The zero-order valence-corrected chi connectivity index (χ0v) is 16.5. The lowest BCUT2D eigenvalue weighted by Crippen LogP contribution is -3.13. The van der Waals surface area contributed by atoms with Gasteiger partial charge in [0.05, 0.1) is 43.8 Å². The van der Waals surface area contributed by atoms with Crippen molar-refractivity contribution in [3.05, 3.63) is 76.3 Å². The Kier molecular flexibility index (Phi) is 5.94. The van der Waals surface area contributed by atoms with Crippen molar-refractivity contribution < 1.29 is 9.69 Å². The molecular weight excluding hydrogens is 370 g/mol. The first-order valence-electron chi connectivity index (χ1n) is 9.53. The smallest absolute Gasteiger partial charge is 0.247 e. The van der Waals surface area contributed by atoms with Crippen molar-refractivity contribution in [1.82, 2.24) is 19.9 Å². The molecule has 6 nitrogen and oxygen atoms in total. The number of nitrogens with zero attached hydrogens (tertiary/aromatic N) is 4. The third kappa shape index (κ3) is 4.94. The molecule has 144 valence electrons. The number of quaternary nitrogens is 1. The molecule has 7 heteroatoms. The van der Waals surface area contributed by atoms with Gasteiger partial charge in [0.1, 0.15) is 12.2 Å². The molecule has 3 heterocycles. The number of piperazine rings is 1. The van der Waals surface area contributed by atoms with Crippen LogP contribution in [0.25, 0.3) is 6.08 Å². The predicted molar refractivity (Wildman–Crippen MR) is 110 cm³/mol. The molecule has 0 saturated carbocycles. The minimum atomic E-state index is 0.0489. The van der Waals surface area contributed by atoms with Crippen LogP contribution in [0.3, 0.4) is 0 Å². The van der Waals surface area contributed by atoms with Crippen LogP contribution in [0.4, 0.5) is 0 Å². The zero-order chi connectivity index (χ0) is 19.2. The Labute approximate surface area is 168 Å². The fraction of sp³-hybridized carbons (Fsp3) is 0.286. The molecule has 4 rings (SSSR count). The van der Waals surface area contributed by atoms with E-state index in [4.69, 9.17) is 0 Å². The first kappa shape index (κ1) is 18.6. The number of rotatable bonds is 6. The molecule has 1 aliphatic heterocycles. The van der Waals surface area contributed by atoms with E-state index in [0.717, 1.165) is 32.7 Å². The van der Waals surface area contributed by atoms with Gasteiger partial charge in [-0.2, -0.15) is 0 Å². The van der Waals surface area contributed by atoms with Crippen molar-refractivity contribution in [1.29, 1.82) is 0 Å². The highest BCUT2D eigenvalue weighted by Gasteiger charge is 2.22. The van der Waals surface area contributed by atoms with Crippen molar-refractivity contribution in [3.63, 3.8) is 0 Å². The highest BCUT2D eigenvalue weighted by Crippen LogP contribution is 2.07. The molecule has 1 saturated heterocycles. The van der Waals surface area contributed by atoms with Crippen molar-refractivity contribution >= 4 is 23.3 Å². The molecule has 3 aromatic rings. The van der Waals surface area contributed by atoms with Gasteiger partial charge in [0.25, 0.3) is 0 Å². The topological polar surface area (TPSA) is 55.5 Å². The number of thiophene rings is 1. The van der Waals surface area contributed by atoms with Gasteiger partial charge in [-0.1, -0.05) is 41.6 Å². The summed E-state index contributed by atoms with van der Waals surface area (Å²) in [4.78, 5) is 17.3. The van der Waals surface area contributed by atoms with Crippen LogP contribution < -0.4 is 4.90 Å². The summed E-state index contributed by atoms with van der Waals surface area (Å²) in [6.07, 6.45) is 5.22. The molecule has 1 fully saturated rings. The molecule has 0 radical (unpaired) electrons. The van der Waals surface area contributed by atoms with Crippen molar-refractivity contribution in [2.75, 3.05) is 26.2 Å². The van der Waals surface area contributed by atoms with Crippen LogP contribution in [0.1, 0.15) is 16.1 Å². The molecule has 28 heavy (non-hydrogen) atoms. The van der Waals surface area contributed by atoms with Crippen LogP contribution in [0.15, 0.2) is 60.1 Å². The van der Waals surface area contributed by atoms with E-state index in [0.29, 0.717) is 12.2 Å². The molecule has 0 unspecified atom stereocenters. The summed E-state index contributed by atoms with van der Waals surface area (Å²) in [6.45, 7) is 5.30. The third-order valence-electron chi connectivity index (χ3n) is 4.93. The molecule has 1 aromatic carbocycles. The normalized spacial score (nSPS) is 15.4. The Hall–Kier alpha value is -2.77. The quantitative estimate of drug-likeness (QED) is 0.642. The van der Waals surface area contributed by atoms with Crippen molar-refractivity contribution in [3.8, 4) is 0 Å². The largest absolute Gasteiger partial charge is 0.328 e. The lowest BCUT2D eigenvalue weighted by molar-refractivity contribution is -0.917. The van der Waals surface area contributed by atoms with E-state index in [2.05, 4.69) is 40.0 Å². The van der Waals surface area contributed by atoms with E-state index in [-0.39, 0.29) is 5.91 Å². The van der Waals surface area contributed by atoms with Crippen molar-refractivity contribution in [2.45, 2.75) is 13.1 Å². The van der Waals surface area contributed by atoms with Gasteiger partial charge in [0.2, 0.25) is 5.91 Å². The van der Waals surface area contributed by atoms with Crippen LogP contribution in [-0.4, -0.2) is 52.0 Å². The lowest BCUT2D eigenvalue weighted by Gasteiger charge is -2.31. The second-order valence-electron chi connectivity index (χ2n) is 6.99. The van der Waals surface area contributed by atoms with Crippen molar-refractivity contribution in [2.24, 2.45) is 0 Å². The third-order valence-corrected chi connectivity index (χ3v) is 5.80. The highest BCUT2D eigenvalue weighted by atomic mass is 32.1. The molecule has 1 aliphatic rings. The summed E-state index contributed by atoms with van der Waals surface area (Å²) in [5.74, 6) is 0.0489. The Balaban J connectivity index is 1.26. The molecule has 0 bridgehead atoms. The van der Waals surface area contributed by atoms with Gasteiger partial charge >= 0.3 is 0 Å². The monoisotopic (exact) mass is 394 g/mol. The average molecular weight is 395 g/mol. The first-order valence-corrected chi connectivity index (χ1v) is 10.4. The maximum Gasteiger partial charge on any atom is 0.247 e. The maximum atomic E-state index is 12.5. The number of benzene rings is 1. The average Bonchev–Trinajstić information content (AvgIpc) is 3.40. The maximum absolute atomic E-state index is 12.5. The van der Waals surface area contributed by atoms with Crippen LogP contribution in [-0.2, 0) is 17.9 Å². The van der Waals surface area contributed by atoms with E-state index < -0.39 is 0 Å². The van der Waals surface area contributed by atoms with Gasteiger partial charge < -0.3 is 9.80 Å². The second kappa shape index (κ2) is 8.95. The van der Waals surface area contributed by atoms with Gasteiger partial charge in [-0.3, -0.25) is 4.79 Å². The molecule has 1 amide bonds. The molecular formula is C21H24N5OS+. The standard InChI is InChI=1S/C21H23N5OS/c27-21(25-12-10-24(11-13-25)17-20-7-4-14-28-20)9-8-19-16-26(23-22-19)15-18-5-2-1-3-6-18/h1-9,14,16H,10-13,15,17H2/p+1/b9-8+. The summed E-state index contributed by atoms with van der Waals surface area (Å²) < 4.78 is 1.78. The number of nitrogens with one attached hydrogen (secondary N) is 1. The number of hydrogen-bond donors (Lipinski definition) is 1. The van der Waals surface area contributed by atoms with Gasteiger partial charge in [0.15, 0.2) is 0 Å². The van der Waals surface area contributed by atoms with E-state index >= 15 is 0 Å². The fourth-order valence-electron chi connectivity index (χ4n) is 3.38. The number of carbonyl (C=O) groups is 1. The second-order valence-corrected chi connectivity index (χ2v) is 8.02. The van der Waals surface area contributed by atoms with Crippen LogP contribution in [0, 0.1) is 0 Å². The molecule has 0 aliphatic carbocycles. The molecule has 0 spiro atoms. The van der Waals surface area contributed by atoms with E-state index in [1.54, 1.807) is 33.1 Å². The Morgan fingerprint density at radius 3 is 2.71 bits per heavy atom. The van der Waals surface area contributed by atoms with Gasteiger partial charge in [-0.05, 0) is 23.1 Å². The predicted octanol–water partition coefficient (Wildman–Crippen LogP) is 1.33. The molecule has 0 atom stereocenters. The minimum absolute atomic E-state index is 0.0489. The van der Waals surface area contributed by atoms with E-state index in [1.165, 1.54) is 10.4 Å². The Bertz CT molecular complexity index is 911. The number of carbonyl (C=O) groups excluding carboxylic acids is 1. The summed E-state index contributed by atoms with van der Waals surface area (Å²) in [7, 11) is 0.